The van der Waals surface area contributed by atoms with E-state index >= 15 is 0 Å². The Morgan fingerprint density at radius 3 is 2.86 bits per heavy atom. The zero-order valence-electron chi connectivity index (χ0n) is 12.0. The van der Waals surface area contributed by atoms with Gasteiger partial charge in [-0.25, -0.2) is 0 Å². The number of benzene rings is 2. The normalized spacial score (nSPS) is 17.8. The Morgan fingerprint density at radius 2 is 2.14 bits per heavy atom. The van der Waals surface area contributed by atoms with Crippen LogP contribution in [0.1, 0.15) is 35.1 Å². The summed E-state index contributed by atoms with van der Waals surface area (Å²) in [5, 5.41) is 0. The molecule has 2 aromatic carbocycles. The standard InChI is InChI=1S/C17H19BrN2O/c1-21-13-6-7-16(18)15(10-13)17(20-19)9-12-8-11-4-2-3-5-14(11)12/h2-7,10,12,17,20H,8-9,19H2,1H3. The average Bonchev–Trinajstić information content (AvgIpc) is 2.50. The van der Waals surface area contributed by atoms with Crippen molar-refractivity contribution in [2.75, 3.05) is 7.11 Å². The Bertz CT molecular complexity index is 644. The summed E-state index contributed by atoms with van der Waals surface area (Å²) in [7, 11) is 1.68. The second kappa shape index (κ2) is 6.18. The van der Waals surface area contributed by atoms with Crippen LogP contribution in [0.5, 0.6) is 5.75 Å². The van der Waals surface area contributed by atoms with Crippen LogP contribution in [-0.4, -0.2) is 7.11 Å². The van der Waals surface area contributed by atoms with Crippen LogP contribution in [0.25, 0.3) is 0 Å². The van der Waals surface area contributed by atoms with Crippen LogP contribution < -0.4 is 16.0 Å². The quantitative estimate of drug-likeness (QED) is 0.641. The minimum absolute atomic E-state index is 0.104. The van der Waals surface area contributed by atoms with Crippen LogP contribution in [0.15, 0.2) is 46.9 Å². The molecule has 3 nitrogen and oxygen atoms in total. The summed E-state index contributed by atoms with van der Waals surface area (Å²) >= 11 is 3.61. The van der Waals surface area contributed by atoms with Crippen molar-refractivity contribution >= 4 is 15.9 Å². The molecule has 2 atom stereocenters. The Kier molecular flexibility index (Phi) is 4.29. The molecule has 1 aliphatic rings. The summed E-state index contributed by atoms with van der Waals surface area (Å²) in [6.45, 7) is 0. The largest absolute Gasteiger partial charge is 0.497 e. The van der Waals surface area contributed by atoms with Crippen molar-refractivity contribution in [3.8, 4) is 5.75 Å². The summed E-state index contributed by atoms with van der Waals surface area (Å²) in [6.07, 6.45) is 2.12. The maximum absolute atomic E-state index is 5.80. The van der Waals surface area contributed by atoms with Crippen LogP contribution in [0.4, 0.5) is 0 Å². The smallest absolute Gasteiger partial charge is 0.119 e. The zero-order valence-corrected chi connectivity index (χ0v) is 13.6. The molecule has 110 valence electrons. The van der Waals surface area contributed by atoms with E-state index in [0.717, 1.165) is 28.6 Å². The highest BCUT2D eigenvalue weighted by atomic mass is 79.9. The topological polar surface area (TPSA) is 47.3 Å². The predicted molar refractivity (Wildman–Crippen MR) is 88.3 cm³/mol. The van der Waals surface area contributed by atoms with Crippen LogP contribution in [0.3, 0.4) is 0 Å². The SMILES string of the molecule is COc1ccc(Br)c(C(CC2Cc3ccccc32)NN)c1. The van der Waals surface area contributed by atoms with E-state index < -0.39 is 0 Å². The van der Waals surface area contributed by atoms with E-state index in [4.69, 9.17) is 10.6 Å². The van der Waals surface area contributed by atoms with Gasteiger partial charge in [-0.05, 0) is 53.6 Å². The number of methoxy groups -OCH3 is 1. The molecular weight excluding hydrogens is 328 g/mol. The third kappa shape index (κ3) is 2.84. The van der Waals surface area contributed by atoms with Crippen LogP contribution in [0, 0.1) is 0 Å². The van der Waals surface area contributed by atoms with E-state index in [-0.39, 0.29) is 6.04 Å². The fraction of sp³-hybridized carbons (Fsp3) is 0.294. The highest BCUT2D eigenvalue weighted by Crippen LogP contribution is 2.41. The summed E-state index contributed by atoms with van der Waals surface area (Å²) in [6, 6.07) is 14.7. The molecule has 0 bridgehead atoms. The summed E-state index contributed by atoms with van der Waals surface area (Å²) < 4.78 is 6.37. The highest BCUT2D eigenvalue weighted by Gasteiger charge is 2.29. The Hall–Kier alpha value is -1.36. The van der Waals surface area contributed by atoms with Gasteiger partial charge in [-0.3, -0.25) is 11.3 Å². The fourth-order valence-corrected chi connectivity index (χ4v) is 3.58. The second-order valence-electron chi connectivity index (χ2n) is 5.44. The molecule has 0 spiro atoms. The first-order valence-electron chi connectivity index (χ1n) is 7.10. The molecule has 1 aliphatic carbocycles. The number of halogens is 1. The number of fused-ring (bicyclic) bond motifs is 1. The second-order valence-corrected chi connectivity index (χ2v) is 6.30. The maximum Gasteiger partial charge on any atom is 0.119 e. The summed E-state index contributed by atoms with van der Waals surface area (Å²) in [5.41, 5.74) is 7.01. The zero-order chi connectivity index (χ0) is 14.8. The number of ether oxygens (including phenoxy) is 1. The number of nitrogens with two attached hydrogens (primary N) is 1. The van der Waals surface area contributed by atoms with Gasteiger partial charge >= 0.3 is 0 Å². The predicted octanol–water partition coefficient (Wildman–Crippen LogP) is 3.69. The van der Waals surface area contributed by atoms with E-state index in [9.17, 15) is 0 Å². The number of hydrogen-bond donors (Lipinski definition) is 2. The average molecular weight is 347 g/mol. The fourth-order valence-electron chi connectivity index (χ4n) is 3.06. The molecule has 21 heavy (non-hydrogen) atoms. The first kappa shape index (κ1) is 14.6. The van der Waals surface area contributed by atoms with Crippen molar-refractivity contribution in [1.29, 1.82) is 0 Å². The van der Waals surface area contributed by atoms with E-state index in [1.165, 1.54) is 11.1 Å². The molecule has 0 heterocycles. The van der Waals surface area contributed by atoms with Gasteiger partial charge in [0, 0.05) is 10.5 Å². The molecule has 0 saturated heterocycles. The molecule has 2 unspecified atom stereocenters. The minimum atomic E-state index is 0.104. The molecule has 3 N–H and O–H groups in total. The van der Waals surface area contributed by atoms with Crippen LogP contribution in [-0.2, 0) is 6.42 Å². The van der Waals surface area contributed by atoms with Crippen molar-refractivity contribution in [1.82, 2.24) is 5.43 Å². The lowest BCUT2D eigenvalue weighted by molar-refractivity contribution is 0.407. The van der Waals surface area contributed by atoms with Crippen LogP contribution >= 0.6 is 15.9 Å². The molecule has 0 fully saturated rings. The number of nitrogens with one attached hydrogen (secondary N) is 1. The van der Waals surface area contributed by atoms with Gasteiger partial charge in [0.15, 0.2) is 0 Å². The monoisotopic (exact) mass is 346 g/mol. The van der Waals surface area contributed by atoms with Gasteiger partial charge in [-0.1, -0.05) is 40.2 Å². The van der Waals surface area contributed by atoms with Crippen molar-refractivity contribution < 1.29 is 4.74 Å². The van der Waals surface area contributed by atoms with Gasteiger partial charge in [0.05, 0.1) is 7.11 Å². The molecule has 3 rings (SSSR count). The number of hydrogen-bond acceptors (Lipinski definition) is 3. The molecule has 0 aliphatic heterocycles. The van der Waals surface area contributed by atoms with E-state index in [1.807, 2.05) is 18.2 Å². The molecule has 0 radical (unpaired) electrons. The Balaban J connectivity index is 1.81. The Labute approximate surface area is 133 Å². The van der Waals surface area contributed by atoms with E-state index in [2.05, 4.69) is 45.6 Å². The van der Waals surface area contributed by atoms with Gasteiger partial charge in [0.2, 0.25) is 0 Å². The van der Waals surface area contributed by atoms with Gasteiger partial charge in [0.1, 0.15) is 5.75 Å². The van der Waals surface area contributed by atoms with Crippen LogP contribution in [0.2, 0.25) is 0 Å². The van der Waals surface area contributed by atoms with Gasteiger partial charge in [0.25, 0.3) is 0 Å². The van der Waals surface area contributed by atoms with E-state index in [0.29, 0.717) is 5.92 Å². The van der Waals surface area contributed by atoms with Crippen molar-refractivity contribution in [3.63, 3.8) is 0 Å². The minimum Gasteiger partial charge on any atom is -0.497 e. The first-order valence-corrected chi connectivity index (χ1v) is 7.89. The molecule has 0 aromatic heterocycles. The van der Waals surface area contributed by atoms with Crippen molar-refractivity contribution in [2.24, 2.45) is 5.84 Å². The third-order valence-corrected chi connectivity index (χ3v) is 4.98. The third-order valence-electron chi connectivity index (χ3n) is 4.26. The van der Waals surface area contributed by atoms with Crippen molar-refractivity contribution in [3.05, 3.63) is 63.6 Å². The lowest BCUT2D eigenvalue weighted by Crippen LogP contribution is -2.31. The maximum atomic E-state index is 5.80. The summed E-state index contributed by atoms with van der Waals surface area (Å²) in [5.74, 6) is 7.22. The number of rotatable bonds is 5. The Morgan fingerprint density at radius 1 is 1.33 bits per heavy atom. The lowest BCUT2D eigenvalue weighted by atomic mass is 9.74. The van der Waals surface area contributed by atoms with Gasteiger partial charge in [-0.15, -0.1) is 0 Å². The highest BCUT2D eigenvalue weighted by molar-refractivity contribution is 9.10. The molecule has 4 heteroatoms. The van der Waals surface area contributed by atoms with Gasteiger partial charge < -0.3 is 4.74 Å². The lowest BCUT2D eigenvalue weighted by Gasteiger charge is -2.33. The van der Waals surface area contributed by atoms with Gasteiger partial charge in [-0.2, -0.15) is 0 Å². The van der Waals surface area contributed by atoms with E-state index in [1.54, 1.807) is 7.11 Å². The molecule has 2 aromatic rings. The summed E-state index contributed by atoms with van der Waals surface area (Å²) in [4.78, 5) is 0. The number of hydrazine groups is 1. The first-order chi connectivity index (χ1) is 10.2. The van der Waals surface area contributed by atoms with Crippen molar-refractivity contribution in [2.45, 2.75) is 24.8 Å². The molecule has 0 amide bonds. The molecular formula is C17H19BrN2O. The molecule has 0 saturated carbocycles.